The van der Waals surface area contributed by atoms with Crippen LogP contribution in [0.15, 0.2) is 4.99 Å². The van der Waals surface area contributed by atoms with Gasteiger partial charge in [-0.05, 0) is 33.1 Å². The predicted molar refractivity (Wildman–Crippen MR) is 125 cm³/mol. The van der Waals surface area contributed by atoms with Crippen LogP contribution < -0.4 is 10.6 Å². The van der Waals surface area contributed by atoms with E-state index < -0.39 is 10.0 Å². The number of sulfonamides is 1. The Hall–Kier alpha value is 0.220. The van der Waals surface area contributed by atoms with Crippen LogP contribution in [0.25, 0.3) is 0 Å². The van der Waals surface area contributed by atoms with E-state index in [9.17, 15) is 8.42 Å². The molecule has 1 aliphatic carbocycles. The van der Waals surface area contributed by atoms with Crippen LogP contribution in [-0.4, -0.2) is 91.7 Å². The number of hydrogen-bond acceptors (Lipinski definition) is 5. The van der Waals surface area contributed by atoms with Crippen molar-refractivity contribution in [1.29, 1.82) is 0 Å². The summed E-state index contributed by atoms with van der Waals surface area (Å²) in [6.07, 6.45) is 3.78. The van der Waals surface area contributed by atoms with Crippen molar-refractivity contribution in [2.75, 3.05) is 50.0 Å². The number of likely N-dealkylation sites (tertiary alicyclic amines) is 1. The molecular formula is C17H34IN5O2S2. The molecule has 0 spiro atoms. The molecule has 7 nitrogen and oxygen atoms in total. The second kappa shape index (κ2) is 10.8. The molecule has 0 aromatic rings. The van der Waals surface area contributed by atoms with Gasteiger partial charge in [0, 0.05) is 55.8 Å². The molecule has 0 aromatic heterocycles. The Morgan fingerprint density at radius 3 is 2.59 bits per heavy atom. The topological polar surface area (TPSA) is 77.0 Å². The third kappa shape index (κ3) is 6.90. The summed E-state index contributed by atoms with van der Waals surface area (Å²) in [5.41, 5.74) is 0. The van der Waals surface area contributed by atoms with Gasteiger partial charge in [-0.2, -0.15) is 11.8 Å². The summed E-state index contributed by atoms with van der Waals surface area (Å²) in [5, 5.41) is 6.77. The van der Waals surface area contributed by atoms with Crippen LogP contribution in [0.1, 0.15) is 33.1 Å². The zero-order valence-corrected chi connectivity index (χ0v) is 20.4. The fourth-order valence-corrected chi connectivity index (χ4v) is 6.27. The predicted octanol–water partition coefficient (Wildman–Crippen LogP) is 1.16. The van der Waals surface area contributed by atoms with Gasteiger partial charge in [-0.15, -0.1) is 24.0 Å². The van der Waals surface area contributed by atoms with Crippen LogP contribution in [0.2, 0.25) is 0 Å². The van der Waals surface area contributed by atoms with E-state index in [1.807, 2.05) is 18.7 Å². The van der Waals surface area contributed by atoms with E-state index in [0.29, 0.717) is 31.7 Å². The van der Waals surface area contributed by atoms with E-state index in [1.54, 1.807) is 4.31 Å². The Balaban J connectivity index is 0.00000261. The SMILES string of the molecule is CCNC(=NCCS(=O)(=O)N1CCSCC1)NC1CC(C)N(C2CC2)C1.I. The third-order valence-electron chi connectivity index (χ3n) is 5.31. The van der Waals surface area contributed by atoms with Gasteiger partial charge in [0.05, 0.1) is 12.3 Å². The van der Waals surface area contributed by atoms with Crippen molar-refractivity contribution in [3.63, 3.8) is 0 Å². The zero-order chi connectivity index (χ0) is 18.6. The van der Waals surface area contributed by atoms with Crippen molar-refractivity contribution < 1.29 is 8.42 Å². The minimum absolute atomic E-state index is 0. The Kier molecular flexibility index (Phi) is 9.44. The normalized spacial score (nSPS) is 28.0. The zero-order valence-electron chi connectivity index (χ0n) is 16.4. The highest BCUT2D eigenvalue weighted by atomic mass is 127. The first-order valence-electron chi connectivity index (χ1n) is 9.85. The molecule has 10 heteroatoms. The Bertz CT molecular complexity index is 594. The summed E-state index contributed by atoms with van der Waals surface area (Å²) in [6, 6.07) is 1.78. The minimum atomic E-state index is -3.19. The molecule has 0 radical (unpaired) electrons. The van der Waals surface area contributed by atoms with Gasteiger partial charge in [-0.3, -0.25) is 9.89 Å². The van der Waals surface area contributed by atoms with Crippen molar-refractivity contribution in [1.82, 2.24) is 19.8 Å². The number of rotatable bonds is 7. The van der Waals surface area contributed by atoms with Gasteiger partial charge in [-0.25, -0.2) is 12.7 Å². The first kappa shape index (κ1) is 23.5. The molecule has 3 rings (SSSR count). The fourth-order valence-electron chi connectivity index (χ4n) is 3.82. The van der Waals surface area contributed by atoms with Gasteiger partial charge < -0.3 is 10.6 Å². The van der Waals surface area contributed by atoms with Crippen LogP contribution in [0, 0.1) is 0 Å². The molecule has 2 unspecified atom stereocenters. The van der Waals surface area contributed by atoms with Crippen molar-refractivity contribution in [3.8, 4) is 0 Å². The fraction of sp³-hybridized carbons (Fsp3) is 0.941. The molecule has 1 saturated carbocycles. The number of thioether (sulfide) groups is 1. The summed E-state index contributed by atoms with van der Waals surface area (Å²) in [6.45, 7) is 7.73. The van der Waals surface area contributed by atoms with E-state index in [-0.39, 0.29) is 29.7 Å². The van der Waals surface area contributed by atoms with E-state index in [1.165, 1.54) is 12.8 Å². The highest BCUT2D eigenvalue weighted by Crippen LogP contribution is 2.33. The number of guanidine groups is 1. The van der Waals surface area contributed by atoms with Gasteiger partial charge in [0.25, 0.3) is 0 Å². The van der Waals surface area contributed by atoms with Gasteiger partial charge in [-0.1, -0.05) is 0 Å². The Morgan fingerprint density at radius 2 is 1.96 bits per heavy atom. The maximum Gasteiger partial charge on any atom is 0.215 e. The molecule has 2 aliphatic heterocycles. The van der Waals surface area contributed by atoms with Crippen LogP contribution in [0.5, 0.6) is 0 Å². The lowest BCUT2D eigenvalue weighted by molar-refractivity contribution is 0.256. The van der Waals surface area contributed by atoms with E-state index >= 15 is 0 Å². The smallest absolute Gasteiger partial charge is 0.215 e. The quantitative estimate of drug-likeness (QED) is 0.292. The van der Waals surface area contributed by atoms with Crippen molar-refractivity contribution in [3.05, 3.63) is 0 Å². The van der Waals surface area contributed by atoms with Crippen LogP contribution in [0.3, 0.4) is 0 Å². The largest absolute Gasteiger partial charge is 0.357 e. The summed E-state index contributed by atoms with van der Waals surface area (Å²) in [5.74, 6) is 2.61. The molecule has 27 heavy (non-hydrogen) atoms. The molecule has 0 amide bonds. The summed E-state index contributed by atoms with van der Waals surface area (Å²) in [4.78, 5) is 7.13. The van der Waals surface area contributed by atoms with Gasteiger partial charge in [0.2, 0.25) is 10.0 Å². The van der Waals surface area contributed by atoms with E-state index in [0.717, 1.165) is 43.0 Å². The number of nitrogens with zero attached hydrogens (tertiary/aromatic N) is 3. The van der Waals surface area contributed by atoms with Crippen molar-refractivity contribution >= 4 is 51.7 Å². The maximum absolute atomic E-state index is 12.4. The van der Waals surface area contributed by atoms with Crippen molar-refractivity contribution in [2.24, 2.45) is 4.99 Å². The molecule has 3 fully saturated rings. The van der Waals surface area contributed by atoms with Crippen molar-refractivity contribution in [2.45, 2.75) is 51.2 Å². The summed E-state index contributed by atoms with van der Waals surface area (Å²) < 4.78 is 26.5. The number of nitrogens with one attached hydrogen (secondary N) is 2. The monoisotopic (exact) mass is 531 g/mol. The van der Waals surface area contributed by atoms with Crippen LogP contribution in [0.4, 0.5) is 0 Å². The van der Waals surface area contributed by atoms with Crippen LogP contribution in [-0.2, 0) is 10.0 Å². The number of hydrogen-bond donors (Lipinski definition) is 2. The third-order valence-corrected chi connectivity index (χ3v) is 8.10. The van der Waals surface area contributed by atoms with E-state index in [2.05, 4.69) is 27.4 Å². The number of aliphatic imine (C=N–C) groups is 1. The van der Waals surface area contributed by atoms with Crippen LogP contribution >= 0.6 is 35.7 Å². The van der Waals surface area contributed by atoms with Gasteiger partial charge >= 0.3 is 0 Å². The molecule has 0 aromatic carbocycles. The lowest BCUT2D eigenvalue weighted by Gasteiger charge is -2.25. The molecule has 3 aliphatic rings. The Labute approximate surface area is 185 Å². The van der Waals surface area contributed by atoms with Gasteiger partial charge in [0.1, 0.15) is 0 Å². The molecule has 2 N–H and O–H groups in total. The lowest BCUT2D eigenvalue weighted by atomic mass is 10.2. The number of halogens is 1. The average molecular weight is 532 g/mol. The highest BCUT2D eigenvalue weighted by molar-refractivity contribution is 14.0. The van der Waals surface area contributed by atoms with E-state index in [4.69, 9.17) is 0 Å². The highest BCUT2D eigenvalue weighted by Gasteiger charge is 2.38. The summed E-state index contributed by atoms with van der Waals surface area (Å²) >= 11 is 1.82. The molecule has 0 bridgehead atoms. The molecule has 158 valence electrons. The average Bonchev–Trinajstić information content (AvgIpc) is 3.39. The van der Waals surface area contributed by atoms with Gasteiger partial charge in [0.15, 0.2) is 5.96 Å². The minimum Gasteiger partial charge on any atom is -0.357 e. The maximum atomic E-state index is 12.4. The molecular weight excluding hydrogens is 497 g/mol. The molecule has 2 saturated heterocycles. The molecule has 2 heterocycles. The Morgan fingerprint density at radius 1 is 1.26 bits per heavy atom. The molecule has 2 atom stereocenters. The standard InChI is InChI=1S/C17H33N5O2S2.HI/c1-3-18-17(20-15-12-14(2)22(13-15)16-4-5-16)19-6-11-26(23,24)21-7-9-25-10-8-21;/h14-16H,3-13H2,1-2H3,(H2,18,19,20);1H. The summed E-state index contributed by atoms with van der Waals surface area (Å²) in [7, 11) is -3.19. The second-order valence-electron chi connectivity index (χ2n) is 7.44. The first-order chi connectivity index (χ1) is 12.5. The second-order valence-corrected chi connectivity index (χ2v) is 10.8. The lowest BCUT2D eigenvalue weighted by Crippen LogP contribution is -2.45. The first-order valence-corrected chi connectivity index (χ1v) is 12.6.